The smallest absolute Gasteiger partial charge is 0.253 e. The maximum absolute atomic E-state index is 11.9. The molecular formula is C20H33N5O. The van der Waals surface area contributed by atoms with Gasteiger partial charge in [0.1, 0.15) is 0 Å². The van der Waals surface area contributed by atoms with Crippen LogP contribution in [0.2, 0.25) is 0 Å². The SMILES string of the molecule is CN=C(NCCN(C)C1CCCC1)NCc1ccc(C(=O)N(C)C)cc1. The van der Waals surface area contributed by atoms with Gasteiger partial charge in [0.2, 0.25) is 0 Å². The second-order valence-corrected chi connectivity index (χ2v) is 7.17. The molecule has 0 atom stereocenters. The number of amides is 1. The number of hydrogen-bond acceptors (Lipinski definition) is 3. The lowest BCUT2D eigenvalue weighted by Crippen LogP contribution is -2.42. The molecule has 0 aliphatic heterocycles. The number of guanidine groups is 1. The summed E-state index contributed by atoms with van der Waals surface area (Å²) < 4.78 is 0. The van der Waals surface area contributed by atoms with E-state index in [1.54, 1.807) is 26.0 Å². The van der Waals surface area contributed by atoms with E-state index < -0.39 is 0 Å². The minimum absolute atomic E-state index is 0.0216. The zero-order valence-electron chi connectivity index (χ0n) is 16.6. The molecule has 1 aliphatic carbocycles. The number of likely N-dealkylation sites (N-methyl/N-ethyl adjacent to an activating group) is 1. The third kappa shape index (κ3) is 6.02. The summed E-state index contributed by atoms with van der Waals surface area (Å²) in [7, 11) is 7.52. The molecular weight excluding hydrogens is 326 g/mol. The molecule has 0 aromatic heterocycles. The highest BCUT2D eigenvalue weighted by molar-refractivity contribution is 5.93. The molecule has 0 spiro atoms. The van der Waals surface area contributed by atoms with Crippen molar-refractivity contribution < 1.29 is 4.79 Å². The first-order valence-electron chi connectivity index (χ1n) is 9.46. The molecule has 1 aliphatic rings. The van der Waals surface area contributed by atoms with Crippen LogP contribution in [0.5, 0.6) is 0 Å². The van der Waals surface area contributed by atoms with Gasteiger partial charge in [0.25, 0.3) is 5.91 Å². The van der Waals surface area contributed by atoms with Gasteiger partial charge in [0, 0.05) is 52.4 Å². The summed E-state index contributed by atoms with van der Waals surface area (Å²) in [6.45, 7) is 2.57. The summed E-state index contributed by atoms with van der Waals surface area (Å²) in [6, 6.07) is 8.43. The van der Waals surface area contributed by atoms with Gasteiger partial charge < -0.3 is 20.4 Å². The Bertz CT molecular complexity index is 591. The predicted octanol–water partition coefficient (Wildman–Crippen LogP) is 1.93. The van der Waals surface area contributed by atoms with Crippen LogP contribution >= 0.6 is 0 Å². The first kappa shape index (κ1) is 20.2. The van der Waals surface area contributed by atoms with E-state index in [9.17, 15) is 4.79 Å². The number of benzene rings is 1. The lowest BCUT2D eigenvalue weighted by molar-refractivity contribution is 0.0827. The van der Waals surface area contributed by atoms with E-state index in [1.165, 1.54) is 25.7 Å². The Morgan fingerprint density at radius 1 is 1.12 bits per heavy atom. The Balaban J connectivity index is 1.73. The first-order valence-corrected chi connectivity index (χ1v) is 9.46. The topological polar surface area (TPSA) is 60.0 Å². The third-order valence-electron chi connectivity index (χ3n) is 5.00. The van der Waals surface area contributed by atoms with E-state index in [1.807, 2.05) is 24.3 Å². The lowest BCUT2D eigenvalue weighted by atomic mass is 10.1. The average molecular weight is 360 g/mol. The largest absolute Gasteiger partial charge is 0.355 e. The number of carbonyl (C=O) groups is 1. The molecule has 0 bridgehead atoms. The second-order valence-electron chi connectivity index (χ2n) is 7.17. The summed E-state index contributed by atoms with van der Waals surface area (Å²) in [4.78, 5) is 20.2. The standard InChI is InChI=1S/C20H33N5O/c1-21-20(22-13-14-25(4)18-7-5-6-8-18)23-15-16-9-11-17(12-10-16)19(26)24(2)3/h9-12,18H,5-8,13-15H2,1-4H3,(H2,21,22,23). The summed E-state index contributed by atoms with van der Waals surface area (Å²) in [5.41, 5.74) is 1.82. The van der Waals surface area contributed by atoms with Crippen LogP contribution in [0.25, 0.3) is 0 Å². The molecule has 1 amide bonds. The number of hydrogen-bond donors (Lipinski definition) is 2. The fraction of sp³-hybridized carbons (Fsp3) is 0.600. The minimum atomic E-state index is 0.0216. The Kier molecular flexibility index (Phi) is 7.91. The van der Waals surface area contributed by atoms with Gasteiger partial charge in [-0.05, 0) is 37.6 Å². The zero-order valence-corrected chi connectivity index (χ0v) is 16.6. The molecule has 6 heteroatoms. The van der Waals surface area contributed by atoms with Gasteiger partial charge in [-0.2, -0.15) is 0 Å². The number of rotatable bonds is 7. The van der Waals surface area contributed by atoms with Crippen molar-refractivity contribution >= 4 is 11.9 Å². The van der Waals surface area contributed by atoms with Crippen LogP contribution in [-0.4, -0.2) is 69.0 Å². The molecule has 0 saturated heterocycles. The second kappa shape index (κ2) is 10.2. The van der Waals surface area contributed by atoms with Gasteiger partial charge >= 0.3 is 0 Å². The van der Waals surface area contributed by atoms with Crippen LogP contribution in [-0.2, 0) is 6.54 Å². The normalized spacial score (nSPS) is 15.3. The van der Waals surface area contributed by atoms with Gasteiger partial charge in [-0.15, -0.1) is 0 Å². The molecule has 1 fully saturated rings. The molecule has 1 aromatic rings. The van der Waals surface area contributed by atoms with Crippen molar-refractivity contribution in [2.75, 3.05) is 41.3 Å². The third-order valence-corrected chi connectivity index (χ3v) is 5.00. The summed E-state index contributed by atoms with van der Waals surface area (Å²) in [5, 5.41) is 6.70. The average Bonchev–Trinajstić information content (AvgIpc) is 3.19. The molecule has 0 unspecified atom stereocenters. The van der Waals surface area contributed by atoms with Crippen LogP contribution in [0.4, 0.5) is 0 Å². The Morgan fingerprint density at radius 3 is 2.35 bits per heavy atom. The number of nitrogens with zero attached hydrogens (tertiary/aromatic N) is 3. The van der Waals surface area contributed by atoms with Crippen LogP contribution in [0.15, 0.2) is 29.3 Å². The maximum atomic E-state index is 11.9. The van der Waals surface area contributed by atoms with Crippen molar-refractivity contribution in [3.05, 3.63) is 35.4 Å². The molecule has 1 aromatic carbocycles. The Labute approximate surface area is 157 Å². The minimum Gasteiger partial charge on any atom is -0.355 e. The van der Waals surface area contributed by atoms with Crippen LogP contribution in [0.1, 0.15) is 41.6 Å². The van der Waals surface area contributed by atoms with Crippen molar-refractivity contribution in [1.29, 1.82) is 0 Å². The van der Waals surface area contributed by atoms with Gasteiger partial charge in [-0.25, -0.2) is 0 Å². The quantitative estimate of drug-likeness (QED) is 0.577. The van der Waals surface area contributed by atoms with Gasteiger partial charge in [0.05, 0.1) is 0 Å². The maximum Gasteiger partial charge on any atom is 0.253 e. The number of carbonyl (C=O) groups excluding carboxylic acids is 1. The van der Waals surface area contributed by atoms with Gasteiger partial charge in [-0.3, -0.25) is 9.79 Å². The van der Waals surface area contributed by atoms with Crippen LogP contribution < -0.4 is 10.6 Å². The monoisotopic (exact) mass is 359 g/mol. The van der Waals surface area contributed by atoms with E-state index in [0.717, 1.165) is 30.7 Å². The Hall–Kier alpha value is -2.08. The number of nitrogens with one attached hydrogen (secondary N) is 2. The van der Waals surface area contributed by atoms with E-state index in [2.05, 4.69) is 27.6 Å². The van der Waals surface area contributed by atoms with Crippen molar-refractivity contribution in [3.63, 3.8) is 0 Å². The molecule has 2 N–H and O–H groups in total. The molecule has 1 saturated carbocycles. The molecule has 144 valence electrons. The highest BCUT2D eigenvalue weighted by Crippen LogP contribution is 2.21. The van der Waals surface area contributed by atoms with E-state index >= 15 is 0 Å². The molecule has 26 heavy (non-hydrogen) atoms. The predicted molar refractivity (Wildman–Crippen MR) is 108 cm³/mol. The molecule has 0 heterocycles. The summed E-state index contributed by atoms with van der Waals surface area (Å²) in [5.74, 6) is 0.826. The van der Waals surface area contributed by atoms with Crippen molar-refractivity contribution in [1.82, 2.24) is 20.4 Å². The Morgan fingerprint density at radius 2 is 1.77 bits per heavy atom. The molecule has 0 radical (unpaired) electrons. The summed E-state index contributed by atoms with van der Waals surface area (Å²) in [6.07, 6.45) is 5.39. The highest BCUT2D eigenvalue weighted by Gasteiger charge is 2.18. The van der Waals surface area contributed by atoms with Gasteiger partial charge in [0.15, 0.2) is 5.96 Å². The van der Waals surface area contributed by atoms with Crippen LogP contribution in [0, 0.1) is 0 Å². The zero-order chi connectivity index (χ0) is 18.9. The van der Waals surface area contributed by atoms with Crippen molar-refractivity contribution in [3.8, 4) is 0 Å². The van der Waals surface area contributed by atoms with Crippen molar-refractivity contribution in [2.24, 2.45) is 4.99 Å². The van der Waals surface area contributed by atoms with E-state index in [4.69, 9.17) is 0 Å². The number of aliphatic imine (C=N–C) groups is 1. The fourth-order valence-electron chi connectivity index (χ4n) is 3.31. The van der Waals surface area contributed by atoms with Gasteiger partial charge in [-0.1, -0.05) is 25.0 Å². The first-order chi connectivity index (χ1) is 12.5. The summed E-state index contributed by atoms with van der Waals surface area (Å²) >= 11 is 0. The lowest BCUT2D eigenvalue weighted by Gasteiger charge is -2.24. The molecule has 2 rings (SSSR count). The van der Waals surface area contributed by atoms with Crippen molar-refractivity contribution in [2.45, 2.75) is 38.3 Å². The van der Waals surface area contributed by atoms with E-state index in [0.29, 0.717) is 12.1 Å². The van der Waals surface area contributed by atoms with E-state index in [-0.39, 0.29) is 5.91 Å². The van der Waals surface area contributed by atoms with Crippen LogP contribution in [0.3, 0.4) is 0 Å². The molecule has 6 nitrogen and oxygen atoms in total. The highest BCUT2D eigenvalue weighted by atomic mass is 16.2. The fourth-order valence-corrected chi connectivity index (χ4v) is 3.31.